The van der Waals surface area contributed by atoms with Gasteiger partial charge in [0.05, 0.1) is 0 Å². The number of nitrogens with zero attached hydrogens (tertiary/aromatic N) is 1. The van der Waals surface area contributed by atoms with Gasteiger partial charge in [-0.2, -0.15) is 4.31 Å². The molecule has 174 valence electrons. The van der Waals surface area contributed by atoms with Crippen LogP contribution in [-0.2, 0) is 14.8 Å². The van der Waals surface area contributed by atoms with Gasteiger partial charge in [0.15, 0.2) is 11.5 Å². The Morgan fingerprint density at radius 1 is 1.00 bits per heavy atom. The molecule has 2 fully saturated rings. The number of piperidine rings is 1. The van der Waals surface area contributed by atoms with Crippen molar-refractivity contribution >= 4 is 27.7 Å². The van der Waals surface area contributed by atoms with Crippen LogP contribution >= 0.6 is 0 Å². The Kier molecular flexibility index (Phi) is 5.88. The summed E-state index contributed by atoms with van der Waals surface area (Å²) in [5, 5.41) is 4.21. The highest BCUT2D eigenvalue weighted by atomic mass is 32.2. The van der Waals surface area contributed by atoms with Gasteiger partial charge in [-0.15, -0.1) is 0 Å². The van der Waals surface area contributed by atoms with E-state index in [9.17, 15) is 13.2 Å². The van der Waals surface area contributed by atoms with E-state index in [0.29, 0.717) is 37.4 Å². The molecule has 33 heavy (non-hydrogen) atoms. The first-order valence-corrected chi connectivity index (χ1v) is 13.0. The first-order chi connectivity index (χ1) is 15.9. The van der Waals surface area contributed by atoms with Crippen LogP contribution in [0.2, 0.25) is 0 Å². The van der Waals surface area contributed by atoms with Gasteiger partial charge >= 0.3 is 0 Å². The average Bonchev–Trinajstić information content (AvgIpc) is 3.43. The normalized spacial score (nSPS) is 20.5. The average molecular weight is 469 g/mol. The molecule has 3 aliphatic rings. The van der Waals surface area contributed by atoms with Crippen molar-refractivity contribution in [3.63, 3.8) is 0 Å². The van der Waals surface area contributed by atoms with Gasteiger partial charge in [-0.3, -0.25) is 4.79 Å². The van der Waals surface area contributed by atoms with Gasteiger partial charge in [0.2, 0.25) is 15.9 Å². The molecule has 1 spiro atoms. The van der Waals surface area contributed by atoms with Crippen molar-refractivity contribution in [2.24, 2.45) is 5.92 Å². The molecular formula is C25H28N2O5S. The van der Waals surface area contributed by atoms with Crippen molar-refractivity contribution in [2.45, 2.75) is 44.3 Å². The molecule has 0 aromatic heterocycles. The maximum Gasteiger partial charge on any atom is 0.251 e. The molecule has 2 heterocycles. The molecule has 1 aliphatic carbocycles. The number of hydrogen-bond acceptors (Lipinski definition) is 5. The Labute approximate surface area is 194 Å². The SMILES string of the molecule is O=C(Nc1ccc2c(c1)OC1(CCCC1)O2)C1CCN(S(=O)(=O)/C=C/c2ccccc2)CC1. The van der Waals surface area contributed by atoms with Gasteiger partial charge in [-0.05, 0) is 49.5 Å². The third kappa shape index (κ3) is 4.77. The summed E-state index contributed by atoms with van der Waals surface area (Å²) in [6, 6.07) is 14.8. The van der Waals surface area contributed by atoms with Crippen LogP contribution in [0.15, 0.2) is 53.9 Å². The molecule has 2 aromatic rings. The van der Waals surface area contributed by atoms with E-state index in [4.69, 9.17) is 9.47 Å². The van der Waals surface area contributed by atoms with Crippen LogP contribution in [-0.4, -0.2) is 37.5 Å². The van der Waals surface area contributed by atoms with E-state index in [1.165, 1.54) is 9.71 Å². The van der Waals surface area contributed by atoms with Crippen molar-refractivity contribution in [1.82, 2.24) is 4.31 Å². The Balaban J connectivity index is 1.16. The summed E-state index contributed by atoms with van der Waals surface area (Å²) in [5.74, 6) is 0.526. The van der Waals surface area contributed by atoms with E-state index < -0.39 is 15.8 Å². The smallest absolute Gasteiger partial charge is 0.251 e. The number of carbonyl (C=O) groups is 1. The molecule has 1 amide bonds. The molecule has 2 aromatic carbocycles. The molecule has 0 bridgehead atoms. The minimum absolute atomic E-state index is 0.0960. The number of nitrogens with one attached hydrogen (secondary N) is 1. The van der Waals surface area contributed by atoms with E-state index in [2.05, 4.69) is 5.32 Å². The zero-order valence-electron chi connectivity index (χ0n) is 18.4. The van der Waals surface area contributed by atoms with E-state index in [1.807, 2.05) is 48.5 Å². The summed E-state index contributed by atoms with van der Waals surface area (Å²) in [4.78, 5) is 12.8. The fourth-order valence-electron chi connectivity index (χ4n) is 4.72. The first-order valence-electron chi connectivity index (χ1n) is 11.5. The standard InChI is InChI=1S/C25H28N2O5S/c28-24(26-21-8-9-22-23(18-21)32-25(31-22)13-4-5-14-25)20-10-15-27(16-11-20)33(29,30)17-12-19-6-2-1-3-7-19/h1-3,6-9,12,17-18,20H,4-5,10-11,13-16H2,(H,26,28)/b17-12+. The summed E-state index contributed by atoms with van der Waals surface area (Å²) < 4.78 is 38.8. The van der Waals surface area contributed by atoms with Crippen molar-refractivity contribution in [3.05, 3.63) is 59.5 Å². The molecular weight excluding hydrogens is 440 g/mol. The van der Waals surface area contributed by atoms with Gasteiger partial charge in [0, 0.05) is 49.0 Å². The van der Waals surface area contributed by atoms with Gasteiger partial charge in [0.25, 0.3) is 5.79 Å². The lowest BCUT2D eigenvalue weighted by molar-refractivity contribution is -0.120. The zero-order chi connectivity index (χ0) is 22.9. The quantitative estimate of drug-likeness (QED) is 0.704. The molecule has 0 unspecified atom stereocenters. The van der Waals surface area contributed by atoms with Gasteiger partial charge < -0.3 is 14.8 Å². The highest BCUT2D eigenvalue weighted by Gasteiger charge is 2.44. The van der Waals surface area contributed by atoms with E-state index in [1.54, 1.807) is 6.08 Å². The number of fused-ring (bicyclic) bond motifs is 1. The van der Waals surface area contributed by atoms with Crippen molar-refractivity contribution in [1.29, 1.82) is 0 Å². The number of amides is 1. The van der Waals surface area contributed by atoms with Crippen molar-refractivity contribution in [2.75, 3.05) is 18.4 Å². The van der Waals surface area contributed by atoms with E-state index in [-0.39, 0.29) is 11.8 Å². The zero-order valence-corrected chi connectivity index (χ0v) is 19.2. The number of sulfonamides is 1. The molecule has 8 heteroatoms. The highest BCUT2D eigenvalue weighted by molar-refractivity contribution is 7.92. The monoisotopic (exact) mass is 468 g/mol. The molecule has 0 radical (unpaired) electrons. The van der Waals surface area contributed by atoms with Gasteiger partial charge in [-0.1, -0.05) is 30.3 Å². The Morgan fingerprint density at radius 2 is 1.70 bits per heavy atom. The Hall–Kier alpha value is -2.84. The van der Waals surface area contributed by atoms with Crippen molar-refractivity contribution < 1.29 is 22.7 Å². The molecule has 0 atom stereocenters. The number of ether oxygens (including phenoxy) is 2. The fourth-order valence-corrected chi connectivity index (χ4v) is 5.94. The second-order valence-electron chi connectivity index (χ2n) is 8.90. The summed E-state index contributed by atoms with van der Waals surface area (Å²) in [6.07, 6.45) is 6.51. The third-order valence-corrected chi connectivity index (χ3v) is 8.15. The molecule has 1 saturated carbocycles. The number of carbonyl (C=O) groups excluding carboxylic acids is 1. The van der Waals surface area contributed by atoms with Crippen molar-refractivity contribution in [3.8, 4) is 11.5 Å². The largest absolute Gasteiger partial charge is 0.448 e. The minimum atomic E-state index is -3.52. The topological polar surface area (TPSA) is 84.9 Å². The molecule has 7 nitrogen and oxygen atoms in total. The molecule has 1 N–H and O–H groups in total. The van der Waals surface area contributed by atoms with Crippen LogP contribution in [0.4, 0.5) is 5.69 Å². The maximum atomic E-state index is 12.8. The third-order valence-electron chi connectivity index (χ3n) is 6.59. The number of anilines is 1. The number of rotatable bonds is 5. The maximum absolute atomic E-state index is 12.8. The number of hydrogen-bond donors (Lipinski definition) is 1. The first kappa shape index (κ1) is 22.0. The summed E-state index contributed by atoms with van der Waals surface area (Å²) in [6.45, 7) is 0.645. The van der Waals surface area contributed by atoms with Crippen LogP contribution in [0, 0.1) is 5.92 Å². The van der Waals surface area contributed by atoms with Gasteiger partial charge in [-0.25, -0.2) is 8.42 Å². The lowest BCUT2D eigenvalue weighted by atomic mass is 9.97. The van der Waals surface area contributed by atoms with Crippen LogP contribution in [0.5, 0.6) is 11.5 Å². The minimum Gasteiger partial charge on any atom is -0.448 e. The number of benzene rings is 2. The fraction of sp³-hybridized carbons (Fsp3) is 0.400. The molecule has 1 saturated heterocycles. The lowest BCUT2D eigenvalue weighted by Crippen LogP contribution is -2.40. The second kappa shape index (κ2) is 8.83. The molecule has 2 aliphatic heterocycles. The predicted octanol–water partition coefficient (Wildman–Crippen LogP) is 4.38. The van der Waals surface area contributed by atoms with Crippen LogP contribution in [0.1, 0.15) is 44.1 Å². The van der Waals surface area contributed by atoms with Crippen LogP contribution in [0.25, 0.3) is 6.08 Å². The molecule has 5 rings (SSSR count). The second-order valence-corrected chi connectivity index (χ2v) is 10.7. The van der Waals surface area contributed by atoms with E-state index in [0.717, 1.165) is 37.0 Å². The predicted molar refractivity (Wildman–Crippen MR) is 126 cm³/mol. The summed E-state index contributed by atoms with van der Waals surface area (Å²) in [5.41, 5.74) is 1.50. The van der Waals surface area contributed by atoms with Crippen LogP contribution < -0.4 is 14.8 Å². The lowest BCUT2D eigenvalue weighted by Gasteiger charge is -2.29. The Bertz CT molecular complexity index is 1150. The summed E-state index contributed by atoms with van der Waals surface area (Å²) in [7, 11) is -3.52. The van der Waals surface area contributed by atoms with E-state index >= 15 is 0 Å². The Morgan fingerprint density at radius 3 is 2.42 bits per heavy atom. The van der Waals surface area contributed by atoms with Crippen LogP contribution in [0.3, 0.4) is 0 Å². The van der Waals surface area contributed by atoms with Gasteiger partial charge in [0.1, 0.15) is 0 Å². The summed E-state index contributed by atoms with van der Waals surface area (Å²) >= 11 is 0. The highest BCUT2D eigenvalue weighted by Crippen LogP contribution is 2.47.